The Balaban J connectivity index is 1.54. The van der Waals surface area contributed by atoms with Gasteiger partial charge in [-0.15, -0.1) is 0 Å². The van der Waals surface area contributed by atoms with E-state index >= 15 is 0 Å². The first-order valence-corrected chi connectivity index (χ1v) is 12.8. The van der Waals surface area contributed by atoms with Gasteiger partial charge in [-0.2, -0.15) is 5.26 Å². The minimum atomic E-state index is -0.409. The van der Waals surface area contributed by atoms with E-state index in [0.29, 0.717) is 53.3 Å². The number of hydrogen-bond acceptors (Lipinski definition) is 6. The first-order chi connectivity index (χ1) is 18.3. The Morgan fingerprint density at radius 2 is 1.71 bits per heavy atom. The summed E-state index contributed by atoms with van der Waals surface area (Å²) in [5, 5.41) is 9.91. The van der Waals surface area contributed by atoms with Crippen LogP contribution in [0, 0.1) is 23.0 Å². The van der Waals surface area contributed by atoms with Gasteiger partial charge in [-0.25, -0.2) is 13.8 Å². The lowest BCUT2D eigenvalue weighted by Crippen LogP contribution is -2.48. The number of nitriles is 1. The number of ether oxygens (including phenoxy) is 1. The van der Waals surface area contributed by atoms with Gasteiger partial charge in [0.15, 0.2) is 0 Å². The zero-order valence-electron chi connectivity index (χ0n) is 20.8. The maximum Gasteiger partial charge on any atom is 0.270 e. The highest BCUT2D eigenvalue weighted by molar-refractivity contribution is 9.10. The summed E-state index contributed by atoms with van der Waals surface area (Å²) in [5.74, 6) is -0.350. The van der Waals surface area contributed by atoms with Crippen LogP contribution in [0.1, 0.15) is 22.7 Å². The van der Waals surface area contributed by atoms with Gasteiger partial charge in [-0.05, 0) is 51.8 Å². The molecule has 1 aliphatic rings. The summed E-state index contributed by atoms with van der Waals surface area (Å²) in [6.45, 7) is 2.12. The highest BCUT2D eigenvalue weighted by Crippen LogP contribution is 2.37. The first-order valence-electron chi connectivity index (χ1n) is 12.0. The lowest BCUT2D eigenvalue weighted by molar-refractivity contribution is 0.208. The SMILES string of the molecule is COc1cc(F)ccc1[C@H](c1ccc(F)cc1)N1CCN(c2c(C#N)c(=O)n(C)c3ccc(Br)nc23)CC1. The first kappa shape index (κ1) is 25.8. The van der Waals surface area contributed by atoms with Crippen LogP contribution in [0.3, 0.4) is 0 Å². The topological polar surface area (TPSA) is 74.4 Å². The Bertz CT molecular complexity index is 1610. The van der Waals surface area contributed by atoms with E-state index in [9.17, 15) is 18.8 Å². The minimum absolute atomic E-state index is 0.0503. The number of piperazine rings is 1. The van der Waals surface area contributed by atoms with E-state index in [4.69, 9.17) is 4.74 Å². The molecule has 38 heavy (non-hydrogen) atoms. The molecule has 4 aromatic rings. The molecule has 2 aromatic carbocycles. The quantitative estimate of drug-likeness (QED) is 0.317. The Labute approximate surface area is 226 Å². The van der Waals surface area contributed by atoms with Crippen LogP contribution in [0.2, 0.25) is 0 Å². The van der Waals surface area contributed by atoms with Crippen molar-refractivity contribution in [2.45, 2.75) is 6.04 Å². The lowest BCUT2D eigenvalue weighted by atomic mass is 9.95. The molecule has 0 aliphatic carbocycles. The monoisotopic (exact) mass is 579 g/mol. The van der Waals surface area contributed by atoms with E-state index in [1.165, 1.54) is 35.9 Å². The van der Waals surface area contributed by atoms with Crippen LogP contribution in [-0.2, 0) is 7.05 Å². The number of anilines is 1. The van der Waals surface area contributed by atoms with E-state index < -0.39 is 5.82 Å². The molecule has 0 amide bonds. The molecular formula is C28H24BrF2N5O2. The standard InChI is InChI=1S/C28H24BrF2N5O2/c1-34-22-9-10-24(29)33-25(22)27(21(16-32)28(34)37)36-13-11-35(12-14-36)26(17-3-5-18(30)6-4-17)20-8-7-19(31)15-23(20)38-2/h3-10,15,26H,11-14H2,1-2H3/t26-/m0/s1. The highest BCUT2D eigenvalue weighted by Gasteiger charge is 2.31. The summed E-state index contributed by atoms with van der Waals surface area (Å²) < 4.78 is 35.3. The number of hydrogen-bond donors (Lipinski definition) is 0. The molecule has 3 heterocycles. The number of aryl methyl sites for hydroxylation is 1. The maximum atomic E-state index is 14.0. The average molecular weight is 580 g/mol. The molecule has 0 bridgehead atoms. The molecule has 10 heteroatoms. The van der Waals surface area contributed by atoms with Crippen molar-refractivity contribution >= 4 is 32.7 Å². The predicted octanol–water partition coefficient (Wildman–Crippen LogP) is 4.77. The molecule has 5 rings (SSSR count). The second kappa shape index (κ2) is 10.5. The number of rotatable bonds is 5. The van der Waals surface area contributed by atoms with Crippen molar-refractivity contribution in [2.75, 3.05) is 38.2 Å². The van der Waals surface area contributed by atoms with Crippen molar-refractivity contribution in [3.63, 3.8) is 0 Å². The van der Waals surface area contributed by atoms with Gasteiger partial charge in [0.25, 0.3) is 5.56 Å². The van der Waals surface area contributed by atoms with Gasteiger partial charge in [-0.3, -0.25) is 9.69 Å². The van der Waals surface area contributed by atoms with Gasteiger partial charge < -0.3 is 14.2 Å². The smallest absolute Gasteiger partial charge is 0.270 e. The molecule has 1 aliphatic heterocycles. The molecular weight excluding hydrogens is 556 g/mol. The van der Waals surface area contributed by atoms with Crippen LogP contribution in [0.25, 0.3) is 11.0 Å². The van der Waals surface area contributed by atoms with Crippen LogP contribution < -0.4 is 15.2 Å². The maximum absolute atomic E-state index is 14.0. The third kappa shape index (κ3) is 4.64. The number of fused-ring (bicyclic) bond motifs is 1. The molecule has 0 unspecified atom stereocenters. The molecule has 0 saturated carbocycles. The fourth-order valence-electron chi connectivity index (χ4n) is 5.13. The molecule has 0 radical (unpaired) electrons. The third-order valence-electron chi connectivity index (χ3n) is 6.96. The van der Waals surface area contributed by atoms with Gasteiger partial charge in [0.1, 0.15) is 39.1 Å². The Morgan fingerprint density at radius 1 is 1.03 bits per heavy atom. The fourth-order valence-corrected chi connectivity index (χ4v) is 5.43. The summed E-state index contributed by atoms with van der Waals surface area (Å²) in [5.41, 5.74) is 3.00. The second-order valence-electron chi connectivity index (χ2n) is 9.06. The molecule has 0 N–H and O–H groups in total. The van der Waals surface area contributed by atoms with Crippen molar-refractivity contribution in [3.05, 3.63) is 97.9 Å². The molecule has 1 fully saturated rings. The zero-order valence-corrected chi connectivity index (χ0v) is 22.4. The summed E-state index contributed by atoms with van der Waals surface area (Å²) in [4.78, 5) is 21.9. The van der Waals surface area contributed by atoms with E-state index in [2.05, 4.69) is 31.9 Å². The number of nitrogens with zero attached hydrogens (tertiary/aromatic N) is 5. The Morgan fingerprint density at radius 3 is 2.37 bits per heavy atom. The summed E-state index contributed by atoms with van der Waals surface area (Å²) >= 11 is 3.41. The van der Waals surface area contributed by atoms with Crippen LogP contribution in [-0.4, -0.2) is 47.7 Å². The molecule has 2 aromatic heterocycles. The summed E-state index contributed by atoms with van der Waals surface area (Å²) in [6.07, 6.45) is 0. The Kier molecular flexibility index (Phi) is 7.15. The van der Waals surface area contributed by atoms with E-state index in [1.807, 2.05) is 4.90 Å². The van der Waals surface area contributed by atoms with Crippen LogP contribution in [0.5, 0.6) is 5.75 Å². The third-order valence-corrected chi connectivity index (χ3v) is 7.41. The Hall–Kier alpha value is -3.81. The van der Waals surface area contributed by atoms with Crippen molar-refractivity contribution in [1.29, 1.82) is 5.26 Å². The van der Waals surface area contributed by atoms with Crippen molar-refractivity contribution in [3.8, 4) is 11.8 Å². The van der Waals surface area contributed by atoms with Crippen LogP contribution in [0.4, 0.5) is 14.5 Å². The number of pyridine rings is 2. The summed E-state index contributed by atoms with van der Waals surface area (Å²) in [7, 11) is 3.12. The lowest BCUT2D eigenvalue weighted by Gasteiger charge is -2.41. The normalized spacial score (nSPS) is 14.9. The van der Waals surface area contributed by atoms with Gasteiger partial charge in [-0.1, -0.05) is 18.2 Å². The second-order valence-corrected chi connectivity index (χ2v) is 9.88. The number of benzene rings is 2. The largest absolute Gasteiger partial charge is 0.496 e. The van der Waals surface area contributed by atoms with Crippen molar-refractivity contribution in [1.82, 2.24) is 14.5 Å². The minimum Gasteiger partial charge on any atom is -0.496 e. The van der Waals surface area contributed by atoms with E-state index in [0.717, 1.165) is 11.1 Å². The molecule has 1 saturated heterocycles. The molecule has 1 atom stereocenters. The van der Waals surface area contributed by atoms with E-state index in [-0.39, 0.29) is 23.0 Å². The zero-order chi connectivity index (χ0) is 27.0. The van der Waals surface area contributed by atoms with Gasteiger partial charge in [0.05, 0.1) is 24.4 Å². The summed E-state index contributed by atoms with van der Waals surface area (Å²) in [6, 6.07) is 16.0. The predicted molar refractivity (Wildman–Crippen MR) is 144 cm³/mol. The van der Waals surface area contributed by atoms with Crippen molar-refractivity contribution < 1.29 is 13.5 Å². The molecule has 0 spiro atoms. The van der Waals surface area contributed by atoms with Gasteiger partial charge in [0, 0.05) is 44.9 Å². The number of halogens is 3. The average Bonchev–Trinajstić information content (AvgIpc) is 2.92. The fraction of sp³-hybridized carbons (Fsp3) is 0.250. The van der Waals surface area contributed by atoms with E-state index in [1.54, 1.807) is 37.4 Å². The molecule has 7 nitrogen and oxygen atoms in total. The highest BCUT2D eigenvalue weighted by atomic mass is 79.9. The van der Waals surface area contributed by atoms with Crippen LogP contribution >= 0.6 is 15.9 Å². The van der Waals surface area contributed by atoms with Gasteiger partial charge >= 0.3 is 0 Å². The number of methoxy groups -OCH3 is 1. The van der Waals surface area contributed by atoms with Crippen molar-refractivity contribution in [2.24, 2.45) is 7.05 Å². The molecule has 194 valence electrons. The van der Waals surface area contributed by atoms with Crippen LogP contribution in [0.15, 0.2) is 64.0 Å². The van der Waals surface area contributed by atoms with Gasteiger partial charge in [0.2, 0.25) is 0 Å². The number of aromatic nitrogens is 2.